The number of piperidine rings is 1. The zero-order chi connectivity index (χ0) is 15.5. The maximum Gasteiger partial charge on any atom is 0.255 e. The molecule has 120 valence electrons. The Kier molecular flexibility index (Phi) is 5.09. The number of nitrogens with zero attached hydrogens (tertiary/aromatic N) is 1. The Morgan fingerprint density at radius 3 is 2.55 bits per heavy atom. The number of aryl methyl sites for hydroxylation is 1. The number of aliphatic hydroxyl groups is 1. The molecular weight excluding hydrogens is 294 g/mol. The van der Waals surface area contributed by atoms with E-state index in [9.17, 15) is 9.90 Å². The number of thioether (sulfide) groups is 1. The number of amides is 1. The lowest BCUT2D eigenvalue weighted by atomic mass is 10.1. The SMILES string of the molecule is Cc1ccc(SC2CCCC2)c(C(=O)N2CCC(O)CC2)c1. The largest absolute Gasteiger partial charge is 0.393 e. The number of rotatable bonds is 3. The van der Waals surface area contributed by atoms with Gasteiger partial charge in [0.1, 0.15) is 0 Å². The van der Waals surface area contributed by atoms with Crippen molar-refractivity contribution in [3.63, 3.8) is 0 Å². The van der Waals surface area contributed by atoms with Gasteiger partial charge in [-0.3, -0.25) is 4.79 Å². The van der Waals surface area contributed by atoms with Gasteiger partial charge in [0.25, 0.3) is 5.91 Å². The van der Waals surface area contributed by atoms with Crippen molar-refractivity contribution in [2.45, 2.75) is 61.7 Å². The van der Waals surface area contributed by atoms with Crippen molar-refractivity contribution in [3.05, 3.63) is 29.3 Å². The molecule has 1 saturated heterocycles. The normalized spacial score (nSPS) is 20.5. The van der Waals surface area contributed by atoms with Crippen LogP contribution in [0.15, 0.2) is 23.1 Å². The van der Waals surface area contributed by atoms with Crippen LogP contribution in [-0.4, -0.2) is 40.4 Å². The lowest BCUT2D eigenvalue weighted by Crippen LogP contribution is -2.40. The maximum atomic E-state index is 12.9. The minimum atomic E-state index is -0.242. The minimum Gasteiger partial charge on any atom is -0.393 e. The molecule has 0 bridgehead atoms. The second-order valence-corrected chi connectivity index (χ2v) is 7.89. The highest BCUT2D eigenvalue weighted by atomic mass is 32.2. The number of benzene rings is 1. The average molecular weight is 319 g/mol. The molecule has 0 atom stereocenters. The first-order chi connectivity index (χ1) is 10.6. The van der Waals surface area contributed by atoms with Crippen LogP contribution in [0.2, 0.25) is 0 Å². The second kappa shape index (κ2) is 7.05. The molecule has 1 N–H and O–H groups in total. The Labute approximate surface area is 137 Å². The lowest BCUT2D eigenvalue weighted by molar-refractivity contribution is 0.0543. The highest BCUT2D eigenvalue weighted by molar-refractivity contribution is 8.00. The van der Waals surface area contributed by atoms with Crippen LogP contribution in [0, 0.1) is 6.92 Å². The molecule has 1 heterocycles. The molecule has 1 aromatic carbocycles. The van der Waals surface area contributed by atoms with Crippen molar-refractivity contribution in [1.29, 1.82) is 0 Å². The van der Waals surface area contributed by atoms with E-state index in [2.05, 4.69) is 12.1 Å². The molecule has 3 nitrogen and oxygen atoms in total. The predicted octanol–water partition coefficient (Wildman–Crippen LogP) is 3.63. The Balaban J connectivity index is 1.78. The summed E-state index contributed by atoms with van der Waals surface area (Å²) in [6.07, 6.45) is 6.32. The lowest BCUT2D eigenvalue weighted by Gasteiger charge is -2.30. The van der Waals surface area contributed by atoms with E-state index in [0.29, 0.717) is 31.2 Å². The summed E-state index contributed by atoms with van der Waals surface area (Å²) in [5, 5.41) is 10.3. The summed E-state index contributed by atoms with van der Waals surface area (Å²) in [6.45, 7) is 3.38. The minimum absolute atomic E-state index is 0.135. The zero-order valence-corrected chi connectivity index (χ0v) is 14.1. The number of carbonyl (C=O) groups is 1. The van der Waals surface area contributed by atoms with Gasteiger partial charge < -0.3 is 10.0 Å². The van der Waals surface area contributed by atoms with Crippen LogP contribution < -0.4 is 0 Å². The van der Waals surface area contributed by atoms with Crippen molar-refractivity contribution >= 4 is 17.7 Å². The van der Waals surface area contributed by atoms with Crippen molar-refractivity contribution < 1.29 is 9.90 Å². The quantitative estimate of drug-likeness (QED) is 0.925. The fraction of sp³-hybridized carbons (Fsp3) is 0.611. The standard InChI is InChI=1S/C18H25NO2S/c1-13-6-7-17(22-15-4-2-3-5-15)16(12-13)18(21)19-10-8-14(20)9-11-19/h6-7,12,14-15,20H,2-5,8-11H2,1H3. The third kappa shape index (κ3) is 3.66. The number of aliphatic hydroxyl groups excluding tert-OH is 1. The third-order valence-corrected chi connectivity index (χ3v) is 6.13. The molecule has 2 fully saturated rings. The summed E-state index contributed by atoms with van der Waals surface area (Å²) >= 11 is 1.88. The number of hydrogen-bond donors (Lipinski definition) is 1. The molecule has 1 aromatic rings. The van der Waals surface area contributed by atoms with E-state index < -0.39 is 0 Å². The van der Waals surface area contributed by atoms with Crippen molar-refractivity contribution in [1.82, 2.24) is 4.90 Å². The van der Waals surface area contributed by atoms with Gasteiger partial charge in [0.05, 0.1) is 11.7 Å². The Hall–Kier alpha value is -1.00. The molecule has 1 aliphatic heterocycles. The van der Waals surface area contributed by atoms with Crippen LogP contribution in [0.3, 0.4) is 0 Å². The van der Waals surface area contributed by atoms with Gasteiger partial charge in [-0.25, -0.2) is 0 Å². The number of hydrogen-bond acceptors (Lipinski definition) is 3. The van der Waals surface area contributed by atoms with E-state index in [-0.39, 0.29) is 12.0 Å². The summed E-state index contributed by atoms with van der Waals surface area (Å²) in [7, 11) is 0. The average Bonchev–Trinajstić information content (AvgIpc) is 3.02. The molecule has 1 saturated carbocycles. The first-order valence-electron chi connectivity index (χ1n) is 8.38. The zero-order valence-electron chi connectivity index (χ0n) is 13.3. The fourth-order valence-corrected chi connectivity index (χ4v) is 4.69. The van der Waals surface area contributed by atoms with E-state index in [4.69, 9.17) is 0 Å². The monoisotopic (exact) mass is 319 g/mol. The molecule has 1 amide bonds. The van der Waals surface area contributed by atoms with Crippen LogP contribution in [0.4, 0.5) is 0 Å². The van der Waals surface area contributed by atoms with Crippen LogP contribution >= 0.6 is 11.8 Å². The highest BCUT2D eigenvalue weighted by Crippen LogP contribution is 2.37. The van der Waals surface area contributed by atoms with E-state index in [1.807, 2.05) is 29.7 Å². The van der Waals surface area contributed by atoms with Gasteiger partial charge >= 0.3 is 0 Å². The van der Waals surface area contributed by atoms with Gasteiger partial charge in [0, 0.05) is 23.2 Å². The molecular formula is C18H25NO2S. The molecule has 1 aliphatic carbocycles. The van der Waals surface area contributed by atoms with Crippen molar-refractivity contribution in [3.8, 4) is 0 Å². The fourth-order valence-electron chi connectivity index (χ4n) is 3.34. The van der Waals surface area contributed by atoms with Crippen LogP contribution in [0.1, 0.15) is 54.4 Å². The van der Waals surface area contributed by atoms with Gasteiger partial charge in [0.15, 0.2) is 0 Å². The molecule has 0 radical (unpaired) electrons. The summed E-state index contributed by atoms with van der Waals surface area (Å²) in [4.78, 5) is 15.9. The van der Waals surface area contributed by atoms with E-state index in [1.165, 1.54) is 25.7 Å². The van der Waals surface area contributed by atoms with E-state index in [1.54, 1.807) is 0 Å². The maximum absolute atomic E-state index is 12.9. The van der Waals surface area contributed by atoms with Gasteiger partial charge in [-0.15, -0.1) is 11.8 Å². The van der Waals surface area contributed by atoms with Gasteiger partial charge in [0.2, 0.25) is 0 Å². The summed E-state index contributed by atoms with van der Waals surface area (Å²) < 4.78 is 0. The Morgan fingerprint density at radius 1 is 1.18 bits per heavy atom. The number of likely N-dealkylation sites (tertiary alicyclic amines) is 1. The Bertz CT molecular complexity index is 532. The predicted molar refractivity (Wildman–Crippen MR) is 90.4 cm³/mol. The van der Waals surface area contributed by atoms with E-state index in [0.717, 1.165) is 16.0 Å². The first-order valence-corrected chi connectivity index (χ1v) is 9.26. The first kappa shape index (κ1) is 15.9. The van der Waals surface area contributed by atoms with Crippen LogP contribution in [0.25, 0.3) is 0 Å². The molecule has 0 unspecified atom stereocenters. The number of carbonyl (C=O) groups excluding carboxylic acids is 1. The van der Waals surface area contributed by atoms with Crippen molar-refractivity contribution in [2.75, 3.05) is 13.1 Å². The highest BCUT2D eigenvalue weighted by Gasteiger charge is 2.25. The topological polar surface area (TPSA) is 40.5 Å². The van der Waals surface area contributed by atoms with Crippen molar-refractivity contribution in [2.24, 2.45) is 0 Å². The smallest absolute Gasteiger partial charge is 0.255 e. The summed E-state index contributed by atoms with van der Waals surface area (Å²) in [6, 6.07) is 6.25. The van der Waals surface area contributed by atoms with Gasteiger partial charge in [-0.2, -0.15) is 0 Å². The molecule has 3 rings (SSSR count). The summed E-state index contributed by atoms with van der Waals surface area (Å²) in [5.74, 6) is 0.135. The molecule has 0 aromatic heterocycles. The molecule has 2 aliphatic rings. The Morgan fingerprint density at radius 2 is 1.86 bits per heavy atom. The summed E-state index contributed by atoms with van der Waals surface area (Å²) in [5.41, 5.74) is 1.99. The van der Waals surface area contributed by atoms with Gasteiger partial charge in [-0.05, 0) is 44.7 Å². The molecule has 22 heavy (non-hydrogen) atoms. The van der Waals surface area contributed by atoms with Crippen LogP contribution in [-0.2, 0) is 0 Å². The third-order valence-electron chi connectivity index (χ3n) is 4.71. The van der Waals surface area contributed by atoms with E-state index >= 15 is 0 Å². The molecule has 4 heteroatoms. The van der Waals surface area contributed by atoms with Crippen LogP contribution in [0.5, 0.6) is 0 Å². The van der Waals surface area contributed by atoms with Gasteiger partial charge in [-0.1, -0.05) is 24.5 Å². The second-order valence-electron chi connectivity index (χ2n) is 6.55. The molecule has 0 spiro atoms.